The molecule has 0 bridgehead atoms. The van der Waals surface area contributed by atoms with Crippen LogP contribution in [0.25, 0.3) is 6.08 Å². The van der Waals surface area contributed by atoms with Crippen LogP contribution in [0.2, 0.25) is 0 Å². The molecule has 1 aliphatic rings. The predicted molar refractivity (Wildman–Crippen MR) is 74.9 cm³/mol. The Morgan fingerprint density at radius 1 is 1.20 bits per heavy atom. The lowest BCUT2D eigenvalue weighted by molar-refractivity contribution is 0.583. The van der Waals surface area contributed by atoms with E-state index in [1.165, 1.54) is 28.4 Å². The Balaban J connectivity index is 1.98. The summed E-state index contributed by atoms with van der Waals surface area (Å²) in [5.41, 5.74) is 1.31. The molecule has 0 fully saturated rings. The minimum atomic E-state index is 0.738. The third-order valence-electron chi connectivity index (χ3n) is 2.72. The summed E-state index contributed by atoms with van der Waals surface area (Å²) in [6.45, 7) is 0. The molecule has 1 atom stereocenters. The summed E-state index contributed by atoms with van der Waals surface area (Å²) in [4.78, 5) is 0. The van der Waals surface area contributed by atoms with Gasteiger partial charge in [0.2, 0.25) is 0 Å². The van der Waals surface area contributed by atoms with Gasteiger partial charge in [0.1, 0.15) is 0 Å². The zero-order valence-electron chi connectivity index (χ0n) is 8.70. The van der Waals surface area contributed by atoms with E-state index in [2.05, 4.69) is 71.2 Å². The van der Waals surface area contributed by atoms with Gasteiger partial charge in [-0.05, 0) is 56.9 Å². The fraction of sp³-hybridized carbons (Fsp3) is 0.286. The quantitative estimate of drug-likeness (QED) is 0.687. The highest BCUT2D eigenvalue weighted by molar-refractivity contribution is 14.1. The summed E-state index contributed by atoms with van der Waals surface area (Å²) in [5.74, 6) is 0.738. The van der Waals surface area contributed by atoms with Crippen LogP contribution in [0, 0.1) is 5.92 Å². The fourth-order valence-corrected chi connectivity index (χ4v) is 2.74. The molecule has 0 saturated carbocycles. The molecule has 1 aromatic carbocycles. The standard InChI is InChI=1S/C14H15I/c15-14-8-4-7-13(11-14)10-9-12-5-2-1-3-6-12/h1-3,5-6,8-10,13H,4,7,11H2/b10-9-. The van der Waals surface area contributed by atoms with Crippen LogP contribution in [0.1, 0.15) is 24.8 Å². The summed E-state index contributed by atoms with van der Waals surface area (Å²) >= 11 is 2.45. The van der Waals surface area contributed by atoms with E-state index < -0.39 is 0 Å². The molecule has 0 amide bonds. The van der Waals surface area contributed by atoms with E-state index in [1.807, 2.05) is 0 Å². The molecule has 1 heteroatoms. The molecule has 1 aliphatic carbocycles. The second-order valence-corrected chi connectivity index (χ2v) is 5.35. The second-order valence-electron chi connectivity index (χ2n) is 3.96. The number of rotatable bonds is 2. The molecule has 0 nitrogen and oxygen atoms in total. The largest absolute Gasteiger partial charge is 0.0805 e. The second kappa shape index (κ2) is 5.50. The fourth-order valence-electron chi connectivity index (χ4n) is 1.87. The molecule has 0 radical (unpaired) electrons. The van der Waals surface area contributed by atoms with Crippen LogP contribution in [-0.2, 0) is 0 Å². The maximum absolute atomic E-state index is 2.45. The highest BCUT2D eigenvalue weighted by Crippen LogP contribution is 2.29. The topological polar surface area (TPSA) is 0 Å². The third kappa shape index (κ3) is 3.49. The Hall–Kier alpha value is -0.570. The summed E-state index contributed by atoms with van der Waals surface area (Å²) in [5, 5.41) is 0. The van der Waals surface area contributed by atoms with E-state index in [1.54, 1.807) is 0 Å². The number of hydrogen-bond donors (Lipinski definition) is 0. The van der Waals surface area contributed by atoms with Crippen LogP contribution in [0.4, 0.5) is 0 Å². The molecular weight excluding hydrogens is 295 g/mol. The van der Waals surface area contributed by atoms with E-state index in [-0.39, 0.29) is 0 Å². The van der Waals surface area contributed by atoms with Crippen LogP contribution < -0.4 is 0 Å². The van der Waals surface area contributed by atoms with E-state index in [4.69, 9.17) is 0 Å². The third-order valence-corrected chi connectivity index (χ3v) is 3.60. The van der Waals surface area contributed by atoms with Crippen molar-refractivity contribution < 1.29 is 0 Å². The first-order valence-electron chi connectivity index (χ1n) is 5.42. The molecular formula is C14H15I. The number of hydrogen-bond acceptors (Lipinski definition) is 0. The monoisotopic (exact) mass is 310 g/mol. The Morgan fingerprint density at radius 2 is 2.00 bits per heavy atom. The lowest BCUT2D eigenvalue weighted by Gasteiger charge is -2.16. The lowest BCUT2D eigenvalue weighted by Crippen LogP contribution is -2.00. The van der Waals surface area contributed by atoms with E-state index in [0.29, 0.717) is 0 Å². The van der Waals surface area contributed by atoms with Crippen LogP contribution >= 0.6 is 22.6 Å². The van der Waals surface area contributed by atoms with Gasteiger partial charge in [-0.25, -0.2) is 0 Å². The Bertz CT molecular complexity index is 362. The Morgan fingerprint density at radius 3 is 2.73 bits per heavy atom. The highest BCUT2D eigenvalue weighted by Gasteiger charge is 2.10. The van der Waals surface area contributed by atoms with E-state index >= 15 is 0 Å². The van der Waals surface area contributed by atoms with Gasteiger partial charge in [-0.3, -0.25) is 0 Å². The first kappa shape index (κ1) is 10.9. The molecule has 1 unspecified atom stereocenters. The maximum Gasteiger partial charge on any atom is -0.0128 e. The van der Waals surface area contributed by atoms with Gasteiger partial charge in [0, 0.05) is 0 Å². The molecule has 15 heavy (non-hydrogen) atoms. The molecule has 2 rings (SSSR count). The van der Waals surface area contributed by atoms with Crippen molar-refractivity contribution in [2.75, 3.05) is 0 Å². The zero-order valence-corrected chi connectivity index (χ0v) is 10.9. The van der Waals surface area contributed by atoms with Crippen molar-refractivity contribution in [2.24, 2.45) is 5.92 Å². The molecule has 0 aromatic heterocycles. The first-order valence-corrected chi connectivity index (χ1v) is 6.50. The number of benzene rings is 1. The molecule has 0 heterocycles. The zero-order chi connectivity index (χ0) is 10.5. The van der Waals surface area contributed by atoms with Crippen LogP contribution in [0.15, 0.2) is 46.1 Å². The van der Waals surface area contributed by atoms with Gasteiger partial charge < -0.3 is 0 Å². The first-order chi connectivity index (χ1) is 7.34. The predicted octanol–water partition coefficient (Wildman–Crippen LogP) is 4.82. The lowest BCUT2D eigenvalue weighted by atomic mass is 9.93. The molecule has 0 spiro atoms. The summed E-state index contributed by atoms with van der Waals surface area (Å²) in [6.07, 6.45) is 10.7. The SMILES string of the molecule is IC1=CCCC(/C=C\c2ccccc2)C1. The molecule has 1 aromatic rings. The van der Waals surface area contributed by atoms with E-state index in [9.17, 15) is 0 Å². The van der Waals surface area contributed by atoms with E-state index in [0.717, 1.165) is 5.92 Å². The van der Waals surface area contributed by atoms with Crippen LogP contribution in [0.5, 0.6) is 0 Å². The minimum absolute atomic E-state index is 0.738. The van der Waals surface area contributed by atoms with Crippen molar-refractivity contribution in [1.82, 2.24) is 0 Å². The average Bonchev–Trinajstić information content (AvgIpc) is 2.28. The van der Waals surface area contributed by atoms with Gasteiger partial charge >= 0.3 is 0 Å². The maximum atomic E-state index is 2.45. The number of halogens is 1. The van der Waals surface area contributed by atoms with Gasteiger partial charge in [0.05, 0.1) is 0 Å². The highest BCUT2D eigenvalue weighted by atomic mass is 127. The molecule has 0 saturated heterocycles. The summed E-state index contributed by atoms with van der Waals surface area (Å²) in [7, 11) is 0. The van der Waals surface area contributed by atoms with Gasteiger partial charge in [-0.15, -0.1) is 0 Å². The van der Waals surface area contributed by atoms with Gasteiger partial charge in [-0.1, -0.05) is 48.6 Å². The molecule has 0 N–H and O–H groups in total. The average molecular weight is 310 g/mol. The van der Waals surface area contributed by atoms with Crippen LogP contribution in [0.3, 0.4) is 0 Å². The van der Waals surface area contributed by atoms with Crippen molar-refractivity contribution >= 4 is 28.7 Å². The van der Waals surface area contributed by atoms with Crippen molar-refractivity contribution in [3.8, 4) is 0 Å². The smallest absolute Gasteiger partial charge is 0.0128 e. The Labute approximate surface area is 105 Å². The minimum Gasteiger partial charge on any atom is -0.0805 e. The van der Waals surface area contributed by atoms with Gasteiger partial charge in [-0.2, -0.15) is 0 Å². The van der Waals surface area contributed by atoms with Crippen molar-refractivity contribution in [2.45, 2.75) is 19.3 Å². The summed E-state index contributed by atoms with van der Waals surface area (Å²) < 4.78 is 1.52. The van der Waals surface area contributed by atoms with Crippen LogP contribution in [-0.4, -0.2) is 0 Å². The van der Waals surface area contributed by atoms with Gasteiger partial charge in [0.25, 0.3) is 0 Å². The van der Waals surface area contributed by atoms with Crippen molar-refractivity contribution in [3.63, 3.8) is 0 Å². The van der Waals surface area contributed by atoms with Crippen molar-refractivity contribution in [1.29, 1.82) is 0 Å². The number of allylic oxidation sites excluding steroid dienone is 3. The van der Waals surface area contributed by atoms with Crippen molar-refractivity contribution in [3.05, 3.63) is 51.6 Å². The van der Waals surface area contributed by atoms with Gasteiger partial charge in [0.15, 0.2) is 0 Å². The normalized spacial score (nSPS) is 21.7. The Kier molecular flexibility index (Phi) is 4.01. The molecule has 0 aliphatic heterocycles. The summed E-state index contributed by atoms with van der Waals surface area (Å²) in [6, 6.07) is 10.5. The molecule has 78 valence electrons.